The molecular formula is C15H11BrFN5O. The van der Waals surface area contributed by atoms with E-state index in [4.69, 9.17) is 0 Å². The first-order valence-corrected chi connectivity index (χ1v) is 7.48. The zero-order valence-corrected chi connectivity index (χ0v) is 13.4. The fourth-order valence-corrected chi connectivity index (χ4v) is 2.32. The van der Waals surface area contributed by atoms with Crippen LogP contribution in [0.1, 0.15) is 0 Å². The fraction of sp³-hybridized carbons (Fsp3) is 0.0667. The van der Waals surface area contributed by atoms with Crippen molar-refractivity contribution >= 4 is 27.5 Å². The largest absolute Gasteiger partial charge is 0.324 e. The van der Waals surface area contributed by atoms with Crippen LogP contribution in [0, 0.1) is 5.82 Å². The first kappa shape index (κ1) is 15.3. The minimum atomic E-state index is -0.338. The number of nitrogens with zero attached hydrogens (tertiary/aromatic N) is 4. The molecule has 0 spiro atoms. The van der Waals surface area contributed by atoms with Crippen LogP contribution >= 0.6 is 15.9 Å². The molecule has 23 heavy (non-hydrogen) atoms. The van der Waals surface area contributed by atoms with Crippen LogP contribution in [0.25, 0.3) is 11.4 Å². The summed E-state index contributed by atoms with van der Waals surface area (Å²) < 4.78 is 13.8. The number of nitrogens with one attached hydrogen (secondary N) is 1. The number of hydrogen-bond acceptors (Lipinski definition) is 4. The average Bonchev–Trinajstić information content (AvgIpc) is 2.96. The second-order valence-electron chi connectivity index (χ2n) is 4.71. The third-order valence-corrected chi connectivity index (χ3v) is 3.44. The van der Waals surface area contributed by atoms with Gasteiger partial charge in [-0.15, -0.1) is 10.2 Å². The van der Waals surface area contributed by atoms with Crippen LogP contribution < -0.4 is 5.32 Å². The maximum atomic E-state index is 12.9. The number of carbonyl (C=O) groups excluding carboxylic acids is 1. The highest BCUT2D eigenvalue weighted by Gasteiger charge is 2.10. The number of tetrazole rings is 1. The van der Waals surface area contributed by atoms with Crippen molar-refractivity contribution < 1.29 is 9.18 Å². The first-order valence-electron chi connectivity index (χ1n) is 6.69. The molecule has 0 aliphatic carbocycles. The summed E-state index contributed by atoms with van der Waals surface area (Å²) in [6.45, 7) is -0.0687. The van der Waals surface area contributed by atoms with Gasteiger partial charge in [-0.05, 0) is 47.7 Å². The van der Waals surface area contributed by atoms with Crippen molar-refractivity contribution in [3.05, 3.63) is 58.8 Å². The van der Waals surface area contributed by atoms with Gasteiger partial charge in [0.2, 0.25) is 11.7 Å². The van der Waals surface area contributed by atoms with E-state index in [9.17, 15) is 9.18 Å². The van der Waals surface area contributed by atoms with Gasteiger partial charge in [0, 0.05) is 15.7 Å². The summed E-state index contributed by atoms with van der Waals surface area (Å²) in [5.74, 6) is -0.277. The topological polar surface area (TPSA) is 72.7 Å². The molecule has 6 nitrogen and oxygen atoms in total. The predicted molar refractivity (Wildman–Crippen MR) is 86.0 cm³/mol. The van der Waals surface area contributed by atoms with Crippen molar-refractivity contribution in [1.29, 1.82) is 0 Å². The van der Waals surface area contributed by atoms with Gasteiger partial charge in [-0.3, -0.25) is 4.79 Å². The fourth-order valence-electron chi connectivity index (χ4n) is 1.92. The van der Waals surface area contributed by atoms with E-state index in [2.05, 4.69) is 36.7 Å². The number of aromatic nitrogens is 4. The van der Waals surface area contributed by atoms with Crippen LogP contribution in [0.3, 0.4) is 0 Å². The molecule has 1 aromatic heterocycles. The molecule has 0 saturated heterocycles. The van der Waals surface area contributed by atoms with E-state index in [0.717, 1.165) is 4.47 Å². The van der Waals surface area contributed by atoms with E-state index < -0.39 is 0 Å². The van der Waals surface area contributed by atoms with Gasteiger partial charge >= 0.3 is 0 Å². The highest BCUT2D eigenvalue weighted by Crippen LogP contribution is 2.16. The van der Waals surface area contributed by atoms with Gasteiger partial charge in [-0.1, -0.05) is 22.0 Å². The van der Waals surface area contributed by atoms with E-state index in [1.165, 1.54) is 16.9 Å². The molecular weight excluding hydrogens is 365 g/mol. The zero-order valence-electron chi connectivity index (χ0n) is 11.8. The summed E-state index contributed by atoms with van der Waals surface area (Å²) in [6, 6.07) is 13.0. The van der Waals surface area contributed by atoms with Crippen LogP contribution in [0.5, 0.6) is 0 Å². The molecule has 3 aromatic rings. The van der Waals surface area contributed by atoms with Gasteiger partial charge in [0.05, 0.1) is 0 Å². The monoisotopic (exact) mass is 375 g/mol. The van der Waals surface area contributed by atoms with Crippen LogP contribution in [-0.2, 0) is 11.3 Å². The lowest BCUT2D eigenvalue weighted by Crippen LogP contribution is -2.20. The summed E-state index contributed by atoms with van der Waals surface area (Å²) in [5.41, 5.74) is 1.30. The van der Waals surface area contributed by atoms with Crippen molar-refractivity contribution in [2.45, 2.75) is 6.54 Å². The second kappa shape index (κ2) is 6.66. The van der Waals surface area contributed by atoms with Gasteiger partial charge in [-0.25, -0.2) is 4.39 Å². The normalized spacial score (nSPS) is 10.5. The number of benzene rings is 2. The highest BCUT2D eigenvalue weighted by atomic mass is 79.9. The molecule has 0 unspecified atom stereocenters. The van der Waals surface area contributed by atoms with Gasteiger partial charge in [0.25, 0.3) is 0 Å². The van der Waals surface area contributed by atoms with Crippen LogP contribution in [0.15, 0.2) is 53.0 Å². The number of amides is 1. The lowest BCUT2D eigenvalue weighted by molar-refractivity contribution is -0.117. The molecule has 0 bridgehead atoms. The zero-order chi connectivity index (χ0) is 16.2. The van der Waals surface area contributed by atoms with Crippen molar-refractivity contribution in [1.82, 2.24) is 20.2 Å². The number of carbonyl (C=O) groups is 1. The van der Waals surface area contributed by atoms with E-state index in [1.807, 2.05) is 12.1 Å². The van der Waals surface area contributed by atoms with E-state index >= 15 is 0 Å². The Balaban J connectivity index is 1.66. The second-order valence-corrected chi connectivity index (χ2v) is 5.62. The SMILES string of the molecule is O=C(Cn1nnc(-c2ccc(F)cc2)n1)Nc1cccc(Br)c1. The van der Waals surface area contributed by atoms with Gasteiger partial charge < -0.3 is 5.32 Å². The maximum absolute atomic E-state index is 12.9. The minimum Gasteiger partial charge on any atom is -0.324 e. The van der Waals surface area contributed by atoms with Crippen LogP contribution in [-0.4, -0.2) is 26.1 Å². The molecule has 8 heteroatoms. The summed E-state index contributed by atoms with van der Waals surface area (Å²) in [4.78, 5) is 13.2. The Morgan fingerprint density at radius 3 is 2.74 bits per heavy atom. The van der Waals surface area contributed by atoms with Gasteiger partial charge in [-0.2, -0.15) is 4.80 Å². The first-order chi connectivity index (χ1) is 11.1. The molecule has 0 saturated carbocycles. The summed E-state index contributed by atoms with van der Waals surface area (Å²) >= 11 is 3.34. The Kier molecular flexibility index (Phi) is 4.42. The smallest absolute Gasteiger partial charge is 0.248 e. The number of halogens is 2. The molecule has 1 amide bonds. The molecule has 1 N–H and O–H groups in total. The third-order valence-electron chi connectivity index (χ3n) is 2.95. The Hall–Kier alpha value is -2.61. The Bertz CT molecular complexity index is 834. The van der Waals surface area contributed by atoms with Crippen molar-refractivity contribution in [3.8, 4) is 11.4 Å². The average molecular weight is 376 g/mol. The Morgan fingerprint density at radius 1 is 1.22 bits per heavy atom. The van der Waals surface area contributed by atoms with Gasteiger partial charge in [0.15, 0.2) is 0 Å². The summed E-state index contributed by atoms with van der Waals surface area (Å²) in [6.07, 6.45) is 0. The molecule has 116 valence electrons. The Morgan fingerprint density at radius 2 is 2.00 bits per heavy atom. The van der Waals surface area contributed by atoms with Crippen molar-refractivity contribution in [2.75, 3.05) is 5.32 Å². The predicted octanol–water partition coefficient (Wildman–Crippen LogP) is 2.88. The quantitative estimate of drug-likeness (QED) is 0.760. The summed E-state index contributed by atoms with van der Waals surface area (Å²) in [7, 11) is 0. The molecule has 0 atom stereocenters. The van der Waals surface area contributed by atoms with E-state index in [1.54, 1.807) is 24.3 Å². The van der Waals surface area contributed by atoms with E-state index in [0.29, 0.717) is 17.1 Å². The molecule has 0 fully saturated rings. The van der Waals surface area contributed by atoms with Crippen molar-refractivity contribution in [2.24, 2.45) is 0 Å². The number of rotatable bonds is 4. The summed E-state index contributed by atoms with van der Waals surface area (Å²) in [5, 5.41) is 14.5. The van der Waals surface area contributed by atoms with Crippen LogP contribution in [0.2, 0.25) is 0 Å². The standard InChI is InChI=1S/C15H11BrFN5O/c16-11-2-1-3-13(8-11)18-14(23)9-22-20-15(19-21-22)10-4-6-12(17)7-5-10/h1-8H,9H2,(H,18,23). The highest BCUT2D eigenvalue weighted by molar-refractivity contribution is 9.10. The lowest BCUT2D eigenvalue weighted by atomic mass is 10.2. The molecule has 0 radical (unpaired) electrons. The van der Waals surface area contributed by atoms with Gasteiger partial charge in [0.1, 0.15) is 12.4 Å². The third kappa shape index (κ3) is 3.98. The van der Waals surface area contributed by atoms with Crippen molar-refractivity contribution in [3.63, 3.8) is 0 Å². The molecule has 0 aliphatic heterocycles. The number of hydrogen-bond donors (Lipinski definition) is 1. The molecule has 1 heterocycles. The lowest BCUT2D eigenvalue weighted by Gasteiger charge is -2.04. The van der Waals surface area contributed by atoms with Crippen LogP contribution in [0.4, 0.5) is 10.1 Å². The number of anilines is 1. The molecule has 0 aliphatic rings. The van der Waals surface area contributed by atoms with E-state index in [-0.39, 0.29) is 18.3 Å². The Labute approximate surface area is 139 Å². The minimum absolute atomic E-state index is 0.0687. The maximum Gasteiger partial charge on any atom is 0.248 e. The molecule has 2 aromatic carbocycles. The molecule has 3 rings (SSSR count).